The number of amides is 1. The van der Waals surface area contributed by atoms with Crippen molar-refractivity contribution >= 4 is 45.9 Å². The Morgan fingerprint density at radius 1 is 1.29 bits per heavy atom. The van der Waals surface area contributed by atoms with E-state index in [2.05, 4.69) is 16.9 Å². The van der Waals surface area contributed by atoms with Gasteiger partial charge in [-0.2, -0.15) is 0 Å². The van der Waals surface area contributed by atoms with Crippen LogP contribution in [0.15, 0.2) is 59.0 Å². The lowest BCUT2D eigenvalue weighted by molar-refractivity contribution is -0.115. The molecule has 0 fully saturated rings. The molecular weight excluding hydrogens is 438 g/mol. The number of nitrogens with zero attached hydrogens (tertiary/aromatic N) is 2. The molecule has 1 atom stereocenters. The quantitative estimate of drug-likeness (QED) is 0.340. The van der Waals surface area contributed by atoms with Crippen molar-refractivity contribution in [1.82, 2.24) is 9.55 Å². The molecule has 1 amide bonds. The predicted molar refractivity (Wildman–Crippen MR) is 123 cm³/mol. The van der Waals surface area contributed by atoms with Crippen LogP contribution >= 0.6 is 23.4 Å². The molecule has 0 aliphatic carbocycles. The molecule has 0 saturated carbocycles. The van der Waals surface area contributed by atoms with Gasteiger partial charge < -0.3 is 14.8 Å². The van der Waals surface area contributed by atoms with Crippen LogP contribution in [0.25, 0.3) is 10.9 Å². The molecule has 1 aliphatic rings. The Labute approximate surface area is 188 Å². The molecule has 0 spiro atoms. The minimum absolute atomic E-state index is 0.225. The second-order valence-corrected chi connectivity index (χ2v) is 8.61. The monoisotopic (exact) mass is 457 g/mol. The van der Waals surface area contributed by atoms with Crippen LogP contribution in [-0.2, 0) is 11.3 Å². The Morgan fingerprint density at radius 3 is 2.84 bits per heavy atom. The highest BCUT2D eigenvalue weighted by Gasteiger charge is 2.20. The van der Waals surface area contributed by atoms with Gasteiger partial charge in [0.1, 0.15) is 13.2 Å². The van der Waals surface area contributed by atoms with Gasteiger partial charge in [0.2, 0.25) is 5.91 Å². The molecule has 31 heavy (non-hydrogen) atoms. The van der Waals surface area contributed by atoms with Crippen LogP contribution < -0.4 is 20.3 Å². The number of halogens is 1. The highest BCUT2D eigenvalue weighted by Crippen LogP contribution is 2.33. The number of anilines is 1. The van der Waals surface area contributed by atoms with Gasteiger partial charge in [0.05, 0.1) is 16.2 Å². The molecule has 1 aliphatic heterocycles. The van der Waals surface area contributed by atoms with Crippen molar-refractivity contribution in [3.63, 3.8) is 0 Å². The lowest BCUT2D eigenvalue weighted by Crippen LogP contribution is -2.27. The SMILES string of the molecule is C=CCn1c(S[C@@H](C)C(=O)Nc2ccc3c(c2)OCCO3)nc2ccc(Cl)cc2c1=O. The number of nitrogens with one attached hydrogen (secondary N) is 1. The molecule has 7 nitrogen and oxygen atoms in total. The molecule has 2 aromatic carbocycles. The van der Waals surface area contributed by atoms with Gasteiger partial charge in [-0.1, -0.05) is 29.4 Å². The van der Waals surface area contributed by atoms with Gasteiger partial charge in [-0.3, -0.25) is 14.2 Å². The largest absolute Gasteiger partial charge is 0.486 e. The van der Waals surface area contributed by atoms with Gasteiger partial charge in [-0.05, 0) is 37.3 Å². The Kier molecular flexibility index (Phi) is 6.20. The van der Waals surface area contributed by atoms with Crippen LogP contribution in [0.4, 0.5) is 5.69 Å². The first-order valence-corrected chi connectivity index (χ1v) is 10.9. The maximum absolute atomic E-state index is 12.9. The summed E-state index contributed by atoms with van der Waals surface area (Å²) < 4.78 is 12.5. The van der Waals surface area contributed by atoms with Crippen molar-refractivity contribution in [1.29, 1.82) is 0 Å². The number of fused-ring (bicyclic) bond motifs is 2. The summed E-state index contributed by atoms with van der Waals surface area (Å²) in [5, 5.41) is 3.68. The fraction of sp³-hybridized carbons (Fsp3) is 0.227. The minimum atomic E-state index is -0.513. The summed E-state index contributed by atoms with van der Waals surface area (Å²) in [6.45, 7) is 6.72. The Balaban J connectivity index is 1.57. The average molecular weight is 458 g/mol. The first-order valence-electron chi connectivity index (χ1n) is 9.64. The van der Waals surface area contributed by atoms with Crippen LogP contribution in [0.3, 0.4) is 0 Å². The predicted octanol–water partition coefficient (Wildman–Crippen LogP) is 4.13. The van der Waals surface area contributed by atoms with Gasteiger partial charge in [-0.15, -0.1) is 6.58 Å². The average Bonchev–Trinajstić information content (AvgIpc) is 2.77. The maximum Gasteiger partial charge on any atom is 0.262 e. The van der Waals surface area contributed by atoms with Gasteiger partial charge in [0, 0.05) is 23.3 Å². The molecule has 4 rings (SSSR count). The van der Waals surface area contributed by atoms with Crippen LogP contribution in [-0.4, -0.2) is 33.9 Å². The molecule has 2 heterocycles. The Bertz CT molecular complexity index is 1230. The van der Waals surface area contributed by atoms with Gasteiger partial charge in [-0.25, -0.2) is 4.98 Å². The molecule has 160 valence electrons. The molecule has 9 heteroatoms. The van der Waals surface area contributed by atoms with E-state index in [1.807, 2.05) is 0 Å². The fourth-order valence-corrected chi connectivity index (χ4v) is 4.22. The van der Waals surface area contributed by atoms with Gasteiger partial charge in [0.15, 0.2) is 16.7 Å². The van der Waals surface area contributed by atoms with Crippen molar-refractivity contribution in [2.45, 2.75) is 23.9 Å². The number of hydrogen-bond donors (Lipinski definition) is 1. The molecule has 1 N–H and O–H groups in total. The molecule has 0 unspecified atom stereocenters. The van der Waals surface area contributed by atoms with Gasteiger partial charge >= 0.3 is 0 Å². The van der Waals surface area contributed by atoms with Crippen molar-refractivity contribution in [3.05, 3.63) is 64.4 Å². The zero-order valence-corrected chi connectivity index (χ0v) is 18.3. The zero-order chi connectivity index (χ0) is 22.0. The zero-order valence-electron chi connectivity index (χ0n) is 16.8. The van der Waals surface area contributed by atoms with E-state index in [0.717, 1.165) is 0 Å². The van der Waals surface area contributed by atoms with E-state index in [9.17, 15) is 9.59 Å². The second kappa shape index (κ2) is 9.03. The summed E-state index contributed by atoms with van der Waals surface area (Å²) in [4.78, 5) is 30.3. The number of allylic oxidation sites excluding steroid dienone is 1. The van der Waals surface area contributed by atoms with Gasteiger partial charge in [0.25, 0.3) is 5.56 Å². The number of carbonyl (C=O) groups excluding carboxylic acids is 1. The maximum atomic E-state index is 12.9. The van der Waals surface area contributed by atoms with E-state index < -0.39 is 5.25 Å². The van der Waals surface area contributed by atoms with E-state index in [-0.39, 0.29) is 18.0 Å². The van der Waals surface area contributed by atoms with Crippen LogP contribution in [0, 0.1) is 0 Å². The summed E-state index contributed by atoms with van der Waals surface area (Å²) in [5.74, 6) is 1.02. The standard InChI is InChI=1S/C22H20ClN3O4S/c1-3-8-26-21(28)16-11-14(23)4-6-17(16)25-22(26)31-13(2)20(27)24-15-5-7-18-19(12-15)30-10-9-29-18/h3-7,11-13H,1,8-10H2,2H3,(H,24,27)/t13-/m0/s1. The summed E-state index contributed by atoms with van der Waals surface area (Å²) in [6.07, 6.45) is 1.61. The lowest BCUT2D eigenvalue weighted by Gasteiger charge is -2.19. The first-order chi connectivity index (χ1) is 15.0. The highest BCUT2D eigenvalue weighted by molar-refractivity contribution is 8.00. The number of carbonyl (C=O) groups is 1. The van der Waals surface area contributed by atoms with Crippen molar-refractivity contribution < 1.29 is 14.3 Å². The van der Waals surface area contributed by atoms with E-state index in [1.54, 1.807) is 49.4 Å². The third-order valence-corrected chi connectivity index (χ3v) is 5.98. The summed E-state index contributed by atoms with van der Waals surface area (Å²) >= 11 is 7.24. The number of ether oxygens (including phenoxy) is 2. The van der Waals surface area contributed by atoms with E-state index >= 15 is 0 Å². The third-order valence-electron chi connectivity index (χ3n) is 4.65. The molecule has 0 radical (unpaired) electrons. The van der Waals surface area contributed by atoms with Crippen molar-refractivity contribution in [2.24, 2.45) is 0 Å². The van der Waals surface area contributed by atoms with Crippen LogP contribution in [0.2, 0.25) is 5.02 Å². The number of rotatable bonds is 6. The van der Waals surface area contributed by atoms with E-state index in [4.69, 9.17) is 21.1 Å². The lowest BCUT2D eigenvalue weighted by atomic mass is 10.2. The van der Waals surface area contributed by atoms with E-state index in [1.165, 1.54) is 16.3 Å². The Morgan fingerprint density at radius 2 is 2.06 bits per heavy atom. The Hall–Kier alpha value is -2.97. The molecule has 3 aromatic rings. The third kappa shape index (κ3) is 4.55. The molecule has 0 bridgehead atoms. The van der Waals surface area contributed by atoms with Crippen LogP contribution in [0.5, 0.6) is 11.5 Å². The fourth-order valence-electron chi connectivity index (χ4n) is 3.13. The summed E-state index contributed by atoms with van der Waals surface area (Å²) in [6, 6.07) is 10.2. The van der Waals surface area contributed by atoms with Crippen molar-refractivity contribution in [2.75, 3.05) is 18.5 Å². The summed E-state index contributed by atoms with van der Waals surface area (Å²) in [5.41, 5.74) is 0.900. The smallest absolute Gasteiger partial charge is 0.262 e. The first kappa shape index (κ1) is 21.3. The normalized spacial score (nSPS) is 13.6. The number of aromatic nitrogens is 2. The number of hydrogen-bond acceptors (Lipinski definition) is 6. The van der Waals surface area contributed by atoms with Crippen molar-refractivity contribution in [3.8, 4) is 11.5 Å². The van der Waals surface area contributed by atoms with Crippen LogP contribution in [0.1, 0.15) is 6.92 Å². The number of benzene rings is 2. The molecule has 1 aromatic heterocycles. The van der Waals surface area contributed by atoms with E-state index in [0.29, 0.717) is 51.5 Å². The second-order valence-electron chi connectivity index (χ2n) is 6.87. The molecule has 0 saturated heterocycles. The number of thioether (sulfide) groups is 1. The minimum Gasteiger partial charge on any atom is -0.486 e. The topological polar surface area (TPSA) is 82.5 Å². The highest BCUT2D eigenvalue weighted by atomic mass is 35.5. The molecular formula is C22H20ClN3O4S. The summed E-state index contributed by atoms with van der Waals surface area (Å²) in [7, 11) is 0.